The molecule has 0 fully saturated rings. The van der Waals surface area contributed by atoms with Crippen LogP contribution in [0.25, 0.3) is 16.5 Å². The first-order valence-corrected chi connectivity index (χ1v) is 10.5. The van der Waals surface area contributed by atoms with Crippen LogP contribution in [0, 0.1) is 0 Å². The zero-order valence-corrected chi connectivity index (χ0v) is 17.3. The second-order valence-corrected chi connectivity index (χ2v) is 7.87. The standard InChI is InChI=1S/C25H28N2O3/c1-30-25(29)22-14-23-21(15-24(22)28)19(16-27-23)9-5-6-10-20-13-18(11-12-26-20)17-7-3-2-4-8-17/h2-4,7-8,11,14-16,20,26-28H,5-6,9-10,12-13H2,1H3. The van der Waals surface area contributed by atoms with Gasteiger partial charge >= 0.3 is 5.97 Å². The smallest absolute Gasteiger partial charge is 0.341 e. The van der Waals surface area contributed by atoms with Crippen LogP contribution in [-0.2, 0) is 11.2 Å². The number of aromatic nitrogens is 1. The number of rotatable bonds is 7. The van der Waals surface area contributed by atoms with Gasteiger partial charge in [0.05, 0.1) is 7.11 Å². The number of phenols is 1. The number of phenolic OH excluding ortho intramolecular Hbond substituents is 1. The number of carbonyl (C=O) groups excluding carboxylic acids is 1. The number of carbonyl (C=O) groups is 1. The Morgan fingerprint density at radius 2 is 2.03 bits per heavy atom. The van der Waals surface area contributed by atoms with Crippen LogP contribution in [0.2, 0.25) is 0 Å². The molecule has 1 aromatic heterocycles. The Bertz CT molecular complexity index is 1050. The Hall–Kier alpha value is -3.05. The van der Waals surface area contributed by atoms with E-state index in [1.807, 2.05) is 6.20 Å². The number of esters is 1. The first-order chi connectivity index (χ1) is 14.7. The molecule has 0 aliphatic carbocycles. The summed E-state index contributed by atoms with van der Waals surface area (Å²) in [5, 5.41) is 14.8. The highest BCUT2D eigenvalue weighted by Gasteiger charge is 2.17. The van der Waals surface area contributed by atoms with Crippen LogP contribution in [-0.4, -0.2) is 35.8 Å². The molecule has 0 bridgehead atoms. The SMILES string of the molecule is COC(=O)c1cc2[nH]cc(CCCCC3CC(c4ccccc4)=CCN3)c2cc1O. The fourth-order valence-electron chi connectivity index (χ4n) is 4.26. The van der Waals surface area contributed by atoms with Crippen LogP contribution < -0.4 is 5.32 Å². The Morgan fingerprint density at radius 3 is 2.83 bits per heavy atom. The highest BCUT2D eigenvalue weighted by Crippen LogP contribution is 2.29. The molecule has 2 aromatic carbocycles. The van der Waals surface area contributed by atoms with Crippen molar-refractivity contribution in [3.05, 3.63) is 71.4 Å². The minimum absolute atomic E-state index is 0.0400. The quantitative estimate of drug-likeness (QED) is 0.390. The molecule has 4 rings (SSSR count). The number of methoxy groups -OCH3 is 1. The highest BCUT2D eigenvalue weighted by atomic mass is 16.5. The Morgan fingerprint density at radius 1 is 1.20 bits per heavy atom. The second kappa shape index (κ2) is 9.18. The summed E-state index contributed by atoms with van der Waals surface area (Å²) in [6.07, 6.45) is 9.64. The molecule has 30 heavy (non-hydrogen) atoms. The number of ether oxygens (including phenoxy) is 1. The number of H-pyrrole nitrogens is 1. The summed E-state index contributed by atoms with van der Waals surface area (Å²) in [6, 6.07) is 14.5. The van der Waals surface area contributed by atoms with Crippen LogP contribution in [0.1, 0.15) is 47.2 Å². The summed E-state index contributed by atoms with van der Waals surface area (Å²) in [6.45, 7) is 0.930. The van der Waals surface area contributed by atoms with Crippen molar-refractivity contribution < 1.29 is 14.6 Å². The summed E-state index contributed by atoms with van der Waals surface area (Å²) in [7, 11) is 1.31. The number of aromatic hydroxyl groups is 1. The van der Waals surface area contributed by atoms with Crippen LogP contribution in [0.4, 0.5) is 0 Å². The highest BCUT2D eigenvalue weighted by molar-refractivity contribution is 5.98. The van der Waals surface area contributed by atoms with Gasteiger partial charge in [-0.25, -0.2) is 4.79 Å². The average Bonchev–Trinajstić information content (AvgIpc) is 3.18. The minimum Gasteiger partial charge on any atom is -0.507 e. The molecule has 0 saturated heterocycles. The molecule has 5 heteroatoms. The van der Waals surface area contributed by atoms with Gasteiger partial charge in [-0.1, -0.05) is 42.8 Å². The van der Waals surface area contributed by atoms with Crippen molar-refractivity contribution in [1.82, 2.24) is 10.3 Å². The molecule has 1 unspecified atom stereocenters. The first kappa shape index (κ1) is 20.2. The van der Waals surface area contributed by atoms with Gasteiger partial charge in [-0.05, 0) is 54.5 Å². The zero-order chi connectivity index (χ0) is 20.9. The van der Waals surface area contributed by atoms with Crippen LogP contribution in [0.3, 0.4) is 0 Å². The first-order valence-electron chi connectivity index (χ1n) is 10.5. The molecular formula is C25H28N2O3. The number of hydrogen-bond acceptors (Lipinski definition) is 4. The fourth-order valence-corrected chi connectivity index (χ4v) is 4.26. The molecule has 3 N–H and O–H groups in total. The van der Waals surface area contributed by atoms with Crippen molar-refractivity contribution in [3.63, 3.8) is 0 Å². The summed E-state index contributed by atoms with van der Waals surface area (Å²) < 4.78 is 4.72. The van der Waals surface area contributed by atoms with Gasteiger partial charge in [-0.3, -0.25) is 0 Å². The predicted octanol–water partition coefficient (Wildman–Crippen LogP) is 4.82. The van der Waals surface area contributed by atoms with E-state index in [1.54, 1.807) is 12.1 Å². The lowest BCUT2D eigenvalue weighted by molar-refractivity contribution is 0.0597. The molecule has 0 saturated carbocycles. The van der Waals surface area contributed by atoms with E-state index < -0.39 is 5.97 Å². The third-order valence-corrected chi connectivity index (χ3v) is 5.90. The largest absolute Gasteiger partial charge is 0.507 e. The normalized spacial score (nSPS) is 16.4. The summed E-state index contributed by atoms with van der Waals surface area (Å²) in [5.41, 5.74) is 4.96. The van der Waals surface area contributed by atoms with E-state index in [0.29, 0.717) is 6.04 Å². The Balaban J connectivity index is 1.32. The van der Waals surface area contributed by atoms with E-state index in [0.717, 1.165) is 55.1 Å². The number of nitrogens with one attached hydrogen (secondary N) is 2. The summed E-state index contributed by atoms with van der Waals surface area (Å²) in [5.74, 6) is -0.573. The summed E-state index contributed by atoms with van der Waals surface area (Å²) in [4.78, 5) is 15.0. The van der Waals surface area contributed by atoms with Gasteiger partial charge in [0.2, 0.25) is 0 Å². The Labute approximate surface area is 176 Å². The molecule has 0 radical (unpaired) electrons. The average molecular weight is 405 g/mol. The number of aryl methyl sites for hydroxylation is 1. The van der Waals surface area contributed by atoms with Gasteiger partial charge in [-0.2, -0.15) is 0 Å². The molecule has 0 spiro atoms. The molecule has 5 nitrogen and oxygen atoms in total. The lowest BCUT2D eigenvalue weighted by Crippen LogP contribution is -2.32. The summed E-state index contributed by atoms with van der Waals surface area (Å²) >= 11 is 0. The predicted molar refractivity (Wildman–Crippen MR) is 120 cm³/mol. The van der Waals surface area contributed by atoms with E-state index >= 15 is 0 Å². The van der Waals surface area contributed by atoms with Crippen molar-refractivity contribution in [3.8, 4) is 5.75 Å². The second-order valence-electron chi connectivity index (χ2n) is 7.87. The van der Waals surface area contributed by atoms with Gasteiger partial charge in [0.1, 0.15) is 11.3 Å². The molecule has 1 aliphatic rings. The maximum atomic E-state index is 11.8. The van der Waals surface area contributed by atoms with Crippen molar-refractivity contribution in [2.45, 2.75) is 38.1 Å². The minimum atomic E-state index is -0.533. The molecule has 3 aromatic rings. The van der Waals surface area contributed by atoms with E-state index in [9.17, 15) is 9.90 Å². The maximum absolute atomic E-state index is 11.8. The fraction of sp³-hybridized carbons (Fsp3) is 0.320. The lowest BCUT2D eigenvalue weighted by Gasteiger charge is -2.24. The number of aromatic amines is 1. The third kappa shape index (κ3) is 4.41. The zero-order valence-electron chi connectivity index (χ0n) is 17.3. The van der Waals surface area contributed by atoms with E-state index in [1.165, 1.54) is 18.2 Å². The van der Waals surface area contributed by atoms with E-state index in [-0.39, 0.29) is 11.3 Å². The lowest BCUT2D eigenvalue weighted by atomic mass is 9.92. The molecule has 156 valence electrons. The molecule has 2 heterocycles. The van der Waals surface area contributed by atoms with Crippen LogP contribution in [0.15, 0.2) is 54.7 Å². The molecule has 1 aliphatic heterocycles. The molecule has 1 atom stereocenters. The van der Waals surface area contributed by atoms with Crippen LogP contribution in [0.5, 0.6) is 5.75 Å². The maximum Gasteiger partial charge on any atom is 0.341 e. The van der Waals surface area contributed by atoms with Crippen LogP contribution >= 0.6 is 0 Å². The van der Waals surface area contributed by atoms with Crippen molar-refractivity contribution in [2.24, 2.45) is 0 Å². The van der Waals surface area contributed by atoms with Crippen molar-refractivity contribution in [1.29, 1.82) is 0 Å². The number of benzene rings is 2. The van der Waals surface area contributed by atoms with Crippen molar-refractivity contribution >= 4 is 22.4 Å². The van der Waals surface area contributed by atoms with Gasteiger partial charge in [-0.15, -0.1) is 0 Å². The van der Waals surface area contributed by atoms with Crippen molar-refractivity contribution in [2.75, 3.05) is 13.7 Å². The number of unbranched alkanes of at least 4 members (excludes halogenated alkanes) is 1. The monoisotopic (exact) mass is 404 g/mol. The van der Waals surface area contributed by atoms with E-state index in [2.05, 4.69) is 46.7 Å². The Kier molecular flexibility index (Phi) is 6.19. The van der Waals surface area contributed by atoms with Gasteiger partial charge in [0.15, 0.2) is 0 Å². The topological polar surface area (TPSA) is 74.4 Å². The third-order valence-electron chi connectivity index (χ3n) is 5.90. The van der Waals surface area contributed by atoms with E-state index in [4.69, 9.17) is 4.74 Å². The molecule has 0 amide bonds. The van der Waals surface area contributed by atoms with Gasteiger partial charge in [0.25, 0.3) is 0 Å². The molecular weight excluding hydrogens is 376 g/mol. The number of hydrogen-bond donors (Lipinski definition) is 3. The number of fused-ring (bicyclic) bond motifs is 1. The van der Waals surface area contributed by atoms with Gasteiger partial charge < -0.3 is 20.1 Å². The van der Waals surface area contributed by atoms with Gasteiger partial charge in [0, 0.05) is 29.7 Å².